The standard InChI is InChI=1S/C13H16N2O3/c1-3-14-11(16)8-15-13(18)12(17)10-6-4-9(2)5-7-10/h4-7H,3,8H2,1-2H3,(H,14,16)(H,15,18). The van der Waals surface area contributed by atoms with E-state index >= 15 is 0 Å². The van der Waals surface area contributed by atoms with Gasteiger partial charge in [-0.2, -0.15) is 0 Å². The molecule has 1 aromatic rings. The number of amides is 2. The Balaban J connectivity index is 2.54. The summed E-state index contributed by atoms with van der Waals surface area (Å²) in [5.41, 5.74) is 1.32. The summed E-state index contributed by atoms with van der Waals surface area (Å²) in [6.07, 6.45) is 0. The first-order chi connectivity index (χ1) is 8.54. The average molecular weight is 248 g/mol. The smallest absolute Gasteiger partial charge is 0.292 e. The molecule has 0 unspecified atom stereocenters. The van der Waals surface area contributed by atoms with Crippen LogP contribution in [0, 0.1) is 6.92 Å². The Morgan fingerprint density at radius 2 is 1.67 bits per heavy atom. The maximum atomic E-state index is 11.7. The van der Waals surface area contributed by atoms with Gasteiger partial charge in [-0.3, -0.25) is 14.4 Å². The van der Waals surface area contributed by atoms with Crippen LogP contribution in [0.3, 0.4) is 0 Å². The van der Waals surface area contributed by atoms with Crippen LogP contribution in [0.15, 0.2) is 24.3 Å². The van der Waals surface area contributed by atoms with Gasteiger partial charge in [0.15, 0.2) is 0 Å². The van der Waals surface area contributed by atoms with Crippen LogP contribution >= 0.6 is 0 Å². The molecule has 2 N–H and O–H groups in total. The zero-order chi connectivity index (χ0) is 13.5. The summed E-state index contributed by atoms with van der Waals surface area (Å²) in [5.74, 6) is -1.73. The van der Waals surface area contributed by atoms with Gasteiger partial charge >= 0.3 is 0 Å². The van der Waals surface area contributed by atoms with Gasteiger partial charge < -0.3 is 10.6 Å². The lowest BCUT2D eigenvalue weighted by Gasteiger charge is -2.04. The molecule has 0 radical (unpaired) electrons. The molecular formula is C13H16N2O3. The highest BCUT2D eigenvalue weighted by Gasteiger charge is 2.16. The molecule has 0 aliphatic carbocycles. The normalized spacial score (nSPS) is 9.67. The summed E-state index contributed by atoms with van der Waals surface area (Å²) in [6, 6.07) is 6.68. The third-order valence-electron chi connectivity index (χ3n) is 2.30. The lowest BCUT2D eigenvalue weighted by atomic mass is 10.1. The number of hydrogen-bond acceptors (Lipinski definition) is 3. The number of nitrogens with one attached hydrogen (secondary N) is 2. The summed E-state index contributed by atoms with van der Waals surface area (Å²) in [4.78, 5) is 34.3. The summed E-state index contributed by atoms with van der Waals surface area (Å²) in [6.45, 7) is 3.96. The lowest BCUT2D eigenvalue weighted by Crippen LogP contribution is -2.39. The summed E-state index contributed by atoms with van der Waals surface area (Å²) < 4.78 is 0. The van der Waals surface area contributed by atoms with Crippen molar-refractivity contribution in [3.05, 3.63) is 35.4 Å². The zero-order valence-corrected chi connectivity index (χ0v) is 10.4. The molecule has 0 fully saturated rings. The summed E-state index contributed by atoms with van der Waals surface area (Å²) >= 11 is 0. The second-order valence-corrected chi connectivity index (χ2v) is 3.83. The Kier molecular flexibility index (Phi) is 5.05. The molecule has 2 amide bonds. The number of rotatable bonds is 5. The highest BCUT2D eigenvalue weighted by atomic mass is 16.2. The first-order valence-corrected chi connectivity index (χ1v) is 5.70. The third-order valence-corrected chi connectivity index (χ3v) is 2.30. The van der Waals surface area contributed by atoms with Crippen molar-refractivity contribution < 1.29 is 14.4 Å². The van der Waals surface area contributed by atoms with Gasteiger partial charge in [-0.1, -0.05) is 29.8 Å². The van der Waals surface area contributed by atoms with Gasteiger partial charge in [-0.25, -0.2) is 0 Å². The summed E-state index contributed by atoms with van der Waals surface area (Å²) in [7, 11) is 0. The number of carbonyl (C=O) groups is 3. The van der Waals surface area contributed by atoms with Crippen molar-refractivity contribution in [1.82, 2.24) is 10.6 Å². The number of hydrogen-bond donors (Lipinski definition) is 2. The molecule has 0 bridgehead atoms. The zero-order valence-electron chi connectivity index (χ0n) is 10.4. The second kappa shape index (κ2) is 6.54. The average Bonchev–Trinajstić information content (AvgIpc) is 2.36. The van der Waals surface area contributed by atoms with Gasteiger partial charge in [0.25, 0.3) is 5.91 Å². The number of Topliss-reactive ketones (excluding diaryl/α,β-unsaturated/α-hetero) is 1. The van der Waals surface area contributed by atoms with Gasteiger partial charge in [0.1, 0.15) is 0 Å². The van der Waals surface area contributed by atoms with Crippen LogP contribution in [0.4, 0.5) is 0 Å². The van der Waals surface area contributed by atoms with Gasteiger partial charge in [0.2, 0.25) is 11.7 Å². The SMILES string of the molecule is CCNC(=O)CNC(=O)C(=O)c1ccc(C)cc1. The molecule has 0 aromatic heterocycles. The lowest BCUT2D eigenvalue weighted by molar-refractivity contribution is -0.123. The van der Waals surface area contributed by atoms with Crippen LogP contribution in [0.5, 0.6) is 0 Å². The molecule has 0 aliphatic rings. The Labute approximate surface area is 106 Å². The minimum Gasteiger partial charge on any atom is -0.355 e. The van der Waals surface area contributed by atoms with Gasteiger partial charge in [-0.05, 0) is 13.8 Å². The van der Waals surface area contributed by atoms with Crippen LogP contribution in [0.25, 0.3) is 0 Å². The van der Waals surface area contributed by atoms with Gasteiger partial charge in [-0.15, -0.1) is 0 Å². The molecule has 0 saturated heterocycles. The fourth-order valence-electron chi connectivity index (χ4n) is 1.34. The van der Waals surface area contributed by atoms with Crippen LogP contribution < -0.4 is 10.6 Å². The molecule has 0 saturated carbocycles. The molecule has 0 spiro atoms. The van der Waals surface area contributed by atoms with E-state index in [1.165, 1.54) is 0 Å². The monoisotopic (exact) mass is 248 g/mol. The fourth-order valence-corrected chi connectivity index (χ4v) is 1.34. The molecule has 0 atom stereocenters. The summed E-state index contributed by atoms with van der Waals surface area (Å²) in [5, 5.41) is 4.80. The molecule has 5 nitrogen and oxygen atoms in total. The van der Waals surface area contributed by atoms with Gasteiger partial charge in [0, 0.05) is 12.1 Å². The predicted octanol–water partition coefficient (Wildman–Crippen LogP) is 0.430. The molecule has 0 heterocycles. The second-order valence-electron chi connectivity index (χ2n) is 3.83. The first kappa shape index (κ1) is 13.9. The van der Waals surface area contributed by atoms with E-state index in [0.717, 1.165) is 5.56 Å². The van der Waals surface area contributed by atoms with E-state index in [0.29, 0.717) is 12.1 Å². The Morgan fingerprint density at radius 3 is 2.22 bits per heavy atom. The van der Waals surface area contributed by atoms with E-state index in [2.05, 4.69) is 10.6 Å². The van der Waals surface area contributed by atoms with E-state index in [1.807, 2.05) is 6.92 Å². The van der Waals surface area contributed by atoms with Crippen molar-refractivity contribution in [3.63, 3.8) is 0 Å². The van der Waals surface area contributed by atoms with Crippen molar-refractivity contribution >= 4 is 17.6 Å². The van der Waals surface area contributed by atoms with E-state index < -0.39 is 11.7 Å². The minimum atomic E-state index is -0.773. The number of ketones is 1. The highest BCUT2D eigenvalue weighted by Crippen LogP contribution is 2.03. The van der Waals surface area contributed by atoms with E-state index in [9.17, 15) is 14.4 Å². The number of carbonyl (C=O) groups excluding carboxylic acids is 3. The molecule has 96 valence electrons. The number of likely N-dealkylation sites (N-methyl/N-ethyl adjacent to an activating group) is 1. The molecule has 1 aromatic carbocycles. The number of benzene rings is 1. The maximum absolute atomic E-state index is 11.7. The highest BCUT2D eigenvalue weighted by molar-refractivity contribution is 6.43. The quantitative estimate of drug-likeness (QED) is 0.586. The Morgan fingerprint density at radius 1 is 1.06 bits per heavy atom. The topological polar surface area (TPSA) is 75.3 Å². The van der Waals surface area contributed by atoms with Crippen LogP contribution in [0.1, 0.15) is 22.8 Å². The molecule has 5 heteroatoms. The van der Waals surface area contributed by atoms with Crippen molar-refractivity contribution in [1.29, 1.82) is 0 Å². The van der Waals surface area contributed by atoms with Crippen molar-refractivity contribution in [2.45, 2.75) is 13.8 Å². The van der Waals surface area contributed by atoms with Crippen molar-refractivity contribution in [2.24, 2.45) is 0 Å². The van der Waals surface area contributed by atoms with Crippen molar-refractivity contribution in [2.75, 3.05) is 13.1 Å². The van der Waals surface area contributed by atoms with Crippen molar-refractivity contribution in [3.8, 4) is 0 Å². The molecular weight excluding hydrogens is 232 g/mol. The molecule has 1 rings (SSSR count). The van der Waals surface area contributed by atoms with Crippen LogP contribution in [-0.4, -0.2) is 30.7 Å². The predicted molar refractivity (Wildman–Crippen MR) is 67.2 cm³/mol. The molecule has 0 aliphatic heterocycles. The van der Waals surface area contributed by atoms with Crippen LogP contribution in [-0.2, 0) is 9.59 Å². The van der Waals surface area contributed by atoms with E-state index in [1.54, 1.807) is 31.2 Å². The third kappa shape index (κ3) is 4.01. The van der Waals surface area contributed by atoms with E-state index in [-0.39, 0.29) is 12.5 Å². The Bertz CT molecular complexity index is 452. The maximum Gasteiger partial charge on any atom is 0.292 e. The minimum absolute atomic E-state index is 0.190. The first-order valence-electron chi connectivity index (χ1n) is 5.70. The largest absolute Gasteiger partial charge is 0.355 e. The van der Waals surface area contributed by atoms with Crippen LogP contribution in [0.2, 0.25) is 0 Å². The number of aryl methyl sites for hydroxylation is 1. The van der Waals surface area contributed by atoms with Gasteiger partial charge in [0.05, 0.1) is 6.54 Å². The van der Waals surface area contributed by atoms with E-state index in [4.69, 9.17) is 0 Å². The molecule has 18 heavy (non-hydrogen) atoms. The Hall–Kier alpha value is -2.17. The fraction of sp³-hybridized carbons (Fsp3) is 0.308.